The summed E-state index contributed by atoms with van der Waals surface area (Å²) in [6.45, 7) is 2.38. The summed E-state index contributed by atoms with van der Waals surface area (Å²) in [5.41, 5.74) is 4.80. The number of hydrogen-bond acceptors (Lipinski definition) is 4. The van der Waals surface area contributed by atoms with Gasteiger partial charge < -0.3 is 15.4 Å². The molecule has 1 unspecified atom stereocenters. The lowest BCUT2D eigenvalue weighted by Gasteiger charge is -2.11. The molecule has 0 spiro atoms. The molecule has 4 rings (SSSR count). The van der Waals surface area contributed by atoms with Crippen molar-refractivity contribution in [2.75, 3.05) is 5.32 Å². The van der Waals surface area contributed by atoms with Crippen LogP contribution in [0.25, 0.3) is 22.2 Å². The largest absolute Gasteiger partial charge is 0.389 e. The lowest BCUT2D eigenvalue weighted by Crippen LogP contribution is -2.03. The van der Waals surface area contributed by atoms with Crippen LogP contribution >= 0.6 is 0 Å². The Balaban J connectivity index is 1.72. The summed E-state index contributed by atoms with van der Waals surface area (Å²) < 4.78 is 0. The molecule has 4 aromatic rings. The van der Waals surface area contributed by atoms with E-state index < -0.39 is 6.10 Å². The standard InChI is InChI=1S/C21H20N4O/c1-14(26)15-5-4-6-16(11-15)19-12-20(25-21-18(19)8-10-23-21)24-13-17-7-2-3-9-22-17/h2-12,14,26H,13H2,1H3,(H2,23,24,25). The number of fused-ring (bicyclic) bond motifs is 1. The van der Waals surface area contributed by atoms with Crippen molar-refractivity contribution in [2.45, 2.75) is 19.6 Å². The molecular weight excluding hydrogens is 324 g/mol. The Hall–Kier alpha value is -3.18. The van der Waals surface area contributed by atoms with Gasteiger partial charge in [-0.05, 0) is 53.9 Å². The third kappa shape index (κ3) is 3.30. The maximum absolute atomic E-state index is 9.90. The predicted octanol–water partition coefficient (Wildman–Crippen LogP) is 4.29. The summed E-state index contributed by atoms with van der Waals surface area (Å²) in [4.78, 5) is 12.2. The molecular formula is C21H20N4O. The summed E-state index contributed by atoms with van der Waals surface area (Å²) in [5.74, 6) is 0.781. The van der Waals surface area contributed by atoms with Crippen LogP contribution in [0, 0.1) is 0 Å². The van der Waals surface area contributed by atoms with Crippen LogP contribution in [0.2, 0.25) is 0 Å². The molecule has 0 radical (unpaired) electrons. The Morgan fingerprint density at radius 2 is 2.04 bits per heavy atom. The SMILES string of the molecule is CC(O)c1cccc(-c2cc(NCc3ccccn3)nc3[nH]ccc23)c1. The molecule has 1 aromatic carbocycles. The number of aromatic amines is 1. The minimum Gasteiger partial charge on any atom is -0.389 e. The van der Waals surface area contributed by atoms with Crippen molar-refractivity contribution >= 4 is 16.9 Å². The molecule has 0 saturated carbocycles. The van der Waals surface area contributed by atoms with Crippen LogP contribution in [0.1, 0.15) is 24.3 Å². The van der Waals surface area contributed by atoms with Crippen molar-refractivity contribution in [1.82, 2.24) is 15.0 Å². The summed E-state index contributed by atoms with van der Waals surface area (Å²) in [6.07, 6.45) is 3.17. The topological polar surface area (TPSA) is 73.8 Å². The third-order valence-corrected chi connectivity index (χ3v) is 4.39. The van der Waals surface area contributed by atoms with Gasteiger partial charge in [0.05, 0.1) is 18.3 Å². The van der Waals surface area contributed by atoms with Crippen LogP contribution in [0.5, 0.6) is 0 Å². The van der Waals surface area contributed by atoms with E-state index in [1.54, 1.807) is 13.1 Å². The fourth-order valence-corrected chi connectivity index (χ4v) is 3.02. The van der Waals surface area contributed by atoms with Gasteiger partial charge in [-0.1, -0.05) is 24.3 Å². The highest BCUT2D eigenvalue weighted by Gasteiger charge is 2.11. The highest BCUT2D eigenvalue weighted by atomic mass is 16.3. The van der Waals surface area contributed by atoms with Gasteiger partial charge in [0, 0.05) is 17.8 Å². The second kappa shape index (κ2) is 6.98. The number of aliphatic hydroxyl groups excluding tert-OH is 1. The van der Waals surface area contributed by atoms with Gasteiger partial charge in [0.15, 0.2) is 0 Å². The van der Waals surface area contributed by atoms with Crippen LogP contribution in [0.4, 0.5) is 5.82 Å². The first kappa shape index (κ1) is 16.3. The van der Waals surface area contributed by atoms with Crippen molar-refractivity contribution in [3.8, 4) is 11.1 Å². The molecule has 0 saturated heterocycles. The third-order valence-electron chi connectivity index (χ3n) is 4.39. The first-order valence-corrected chi connectivity index (χ1v) is 8.61. The molecule has 0 fully saturated rings. The van der Waals surface area contributed by atoms with Crippen molar-refractivity contribution in [3.63, 3.8) is 0 Å². The van der Waals surface area contributed by atoms with Gasteiger partial charge in [-0.3, -0.25) is 4.98 Å². The van der Waals surface area contributed by atoms with E-state index in [1.165, 1.54) is 0 Å². The fourth-order valence-electron chi connectivity index (χ4n) is 3.02. The van der Waals surface area contributed by atoms with E-state index in [-0.39, 0.29) is 0 Å². The van der Waals surface area contributed by atoms with E-state index in [0.717, 1.165) is 39.2 Å². The molecule has 3 heterocycles. The van der Waals surface area contributed by atoms with Gasteiger partial charge in [0.1, 0.15) is 11.5 Å². The molecule has 0 bridgehead atoms. The monoisotopic (exact) mass is 344 g/mol. The van der Waals surface area contributed by atoms with Crippen LogP contribution in [0.15, 0.2) is 67.0 Å². The van der Waals surface area contributed by atoms with Gasteiger partial charge in [-0.15, -0.1) is 0 Å². The molecule has 3 N–H and O–H groups in total. The molecule has 26 heavy (non-hydrogen) atoms. The summed E-state index contributed by atoms with van der Waals surface area (Å²) >= 11 is 0. The minimum atomic E-state index is -0.500. The Bertz CT molecular complexity index is 1020. The predicted molar refractivity (Wildman–Crippen MR) is 104 cm³/mol. The van der Waals surface area contributed by atoms with Crippen LogP contribution in [0.3, 0.4) is 0 Å². The van der Waals surface area contributed by atoms with Crippen LogP contribution < -0.4 is 5.32 Å². The van der Waals surface area contributed by atoms with E-state index in [9.17, 15) is 5.11 Å². The highest BCUT2D eigenvalue weighted by Crippen LogP contribution is 2.31. The Morgan fingerprint density at radius 1 is 1.12 bits per heavy atom. The summed E-state index contributed by atoms with van der Waals surface area (Å²) in [7, 11) is 0. The maximum atomic E-state index is 9.90. The number of nitrogens with zero attached hydrogens (tertiary/aromatic N) is 2. The molecule has 0 amide bonds. The van der Waals surface area contributed by atoms with Crippen molar-refractivity contribution < 1.29 is 5.11 Å². The van der Waals surface area contributed by atoms with Gasteiger partial charge in [-0.2, -0.15) is 0 Å². The first-order valence-electron chi connectivity index (χ1n) is 8.61. The second-order valence-corrected chi connectivity index (χ2v) is 6.27. The minimum absolute atomic E-state index is 0.500. The number of hydrogen-bond donors (Lipinski definition) is 3. The van der Waals surface area contributed by atoms with E-state index in [0.29, 0.717) is 6.54 Å². The molecule has 5 heteroatoms. The van der Waals surface area contributed by atoms with Crippen molar-refractivity contribution in [3.05, 3.63) is 78.2 Å². The van der Waals surface area contributed by atoms with E-state index in [4.69, 9.17) is 0 Å². The summed E-state index contributed by atoms with van der Waals surface area (Å²) in [5, 5.41) is 14.3. The van der Waals surface area contributed by atoms with Crippen molar-refractivity contribution in [2.24, 2.45) is 0 Å². The first-order chi connectivity index (χ1) is 12.7. The highest BCUT2D eigenvalue weighted by molar-refractivity contribution is 5.94. The Kier molecular flexibility index (Phi) is 4.37. The smallest absolute Gasteiger partial charge is 0.140 e. The lowest BCUT2D eigenvalue weighted by molar-refractivity contribution is 0.199. The van der Waals surface area contributed by atoms with Gasteiger partial charge >= 0.3 is 0 Å². The Morgan fingerprint density at radius 3 is 2.85 bits per heavy atom. The summed E-state index contributed by atoms with van der Waals surface area (Å²) in [6, 6.07) is 17.9. The quantitative estimate of drug-likeness (QED) is 0.505. The van der Waals surface area contributed by atoms with E-state index in [2.05, 4.69) is 26.3 Å². The normalized spacial score (nSPS) is 12.2. The van der Waals surface area contributed by atoms with Crippen LogP contribution in [-0.2, 0) is 6.54 Å². The molecule has 130 valence electrons. The molecule has 1 atom stereocenters. The average molecular weight is 344 g/mol. The number of anilines is 1. The molecule has 5 nitrogen and oxygen atoms in total. The average Bonchev–Trinajstić information content (AvgIpc) is 3.15. The Labute approximate surface area is 151 Å². The zero-order chi connectivity index (χ0) is 17.9. The lowest BCUT2D eigenvalue weighted by atomic mass is 9.99. The molecule has 3 aromatic heterocycles. The molecule has 0 aliphatic carbocycles. The number of aromatic nitrogens is 3. The second-order valence-electron chi connectivity index (χ2n) is 6.27. The number of benzene rings is 1. The zero-order valence-electron chi connectivity index (χ0n) is 14.5. The van der Waals surface area contributed by atoms with E-state index >= 15 is 0 Å². The van der Waals surface area contributed by atoms with Gasteiger partial charge in [0.25, 0.3) is 0 Å². The van der Waals surface area contributed by atoms with Crippen LogP contribution in [-0.4, -0.2) is 20.1 Å². The van der Waals surface area contributed by atoms with Crippen molar-refractivity contribution in [1.29, 1.82) is 0 Å². The fraction of sp³-hybridized carbons (Fsp3) is 0.143. The van der Waals surface area contributed by atoms with Gasteiger partial charge in [0.2, 0.25) is 0 Å². The number of rotatable bonds is 5. The number of pyridine rings is 2. The number of aliphatic hydroxyl groups is 1. The molecule has 0 aliphatic rings. The van der Waals surface area contributed by atoms with E-state index in [1.807, 2.05) is 54.7 Å². The number of nitrogens with one attached hydrogen (secondary N) is 2. The number of H-pyrrole nitrogens is 1. The molecule has 0 aliphatic heterocycles. The zero-order valence-corrected chi connectivity index (χ0v) is 14.5. The maximum Gasteiger partial charge on any atom is 0.140 e. The van der Waals surface area contributed by atoms with Gasteiger partial charge in [-0.25, -0.2) is 4.98 Å².